The molecule has 5 heterocycles. The average molecular weight is 459 g/mol. The summed E-state index contributed by atoms with van der Waals surface area (Å²) in [5.41, 5.74) is 3.78. The van der Waals surface area contributed by atoms with Crippen molar-refractivity contribution in [2.24, 2.45) is 0 Å². The van der Waals surface area contributed by atoms with E-state index in [9.17, 15) is 14.7 Å². The lowest BCUT2D eigenvalue weighted by Gasteiger charge is -2.36. The average Bonchev–Trinajstić information content (AvgIpc) is 2.84. The van der Waals surface area contributed by atoms with Crippen LogP contribution in [0.5, 0.6) is 0 Å². The van der Waals surface area contributed by atoms with Gasteiger partial charge in [0.1, 0.15) is 5.52 Å². The highest BCUT2D eigenvalue weighted by Gasteiger charge is 2.26. The summed E-state index contributed by atoms with van der Waals surface area (Å²) >= 11 is 0. The molecule has 4 aromatic heterocycles. The minimum atomic E-state index is -0.623. The van der Waals surface area contributed by atoms with E-state index in [0.29, 0.717) is 59.3 Å². The maximum atomic E-state index is 13.1. The third-order valence-corrected chi connectivity index (χ3v) is 6.54. The van der Waals surface area contributed by atoms with Crippen LogP contribution >= 0.6 is 0 Å². The maximum absolute atomic E-state index is 13.1. The zero-order chi connectivity index (χ0) is 24.0. The van der Waals surface area contributed by atoms with Crippen LogP contribution in [0.1, 0.15) is 31.5 Å². The molecular formula is C25H26N6O3. The summed E-state index contributed by atoms with van der Waals surface area (Å²) in [5.74, 6) is 0. The van der Waals surface area contributed by atoms with E-state index in [0.717, 1.165) is 11.3 Å². The molecule has 0 spiro atoms. The Morgan fingerprint density at radius 3 is 2.59 bits per heavy atom. The summed E-state index contributed by atoms with van der Waals surface area (Å²) in [6, 6.07) is 7.44. The molecule has 0 amide bonds. The second kappa shape index (κ2) is 8.49. The smallest absolute Gasteiger partial charge is 0.329 e. The van der Waals surface area contributed by atoms with E-state index >= 15 is 0 Å². The zero-order valence-electron chi connectivity index (χ0n) is 19.2. The molecule has 1 aliphatic rings. The first kappa shape index (κ1) is 22.0. The number of rotatable bonds is 4. The Hall–Kier alpha value is -3.85. The molecule has 0 saturated carbocycles. The minimum absolute atomic E-state index is 0.137. The van der Waals surface area contributed by atoms with Crippen molar-refractivity contribution in [2.75, 3.05) is 13.1 Å². The second-order valence-electron chi connectivity index (χ2n) is 8.79. The van der Waals surface area contributed by atoms with E-state index in [-0.39, 0.29) is 6.04 Å². The van der Waals surface area contributed by atoms with E-state index in [4.69, 9.17) is 4.98 Å². The lowest BCUT2D eigenvalue weighted by atomic mass is 10.0. The molecule has 0 aromatic carbocycles. The predicted molar refractivity (Wildman–Crippen MR) is 131 cm³/mol. The van der Waals surface area contributed by atoms with Gasteiger partial charge in [-0.3, -0.25) is 24.3 Å². The Morgan fingerprint density at radius 2 is 1.91 bits per heavy atom. The highest BCUT2D eigenvalue weighted by Crippen LogP contribution is 2.29. The van der Waals surface area contributed by atoms with Crippen LogP contribution in [0.25, 0.3) is 33.2 Å². The largest absolute Gasteiger partial charge is 0.387 e. The molecule has 1 atom stereocenters. The number of nitrogens with one attached hydrogen (secondary N) is 1. The summed E-state index contributed by atoms with van der Waals surface area (Å²) in [4.78, 5) is 43.9. The number of aliphatic hydroxyl groups excluding tert-OH is 1. The highest BCUT2D eigenvalue weighted by molar-refractivity contribution is 6.01. The first-order valence-corrected chi connectivity index (χ1v) is 11.3. The summed E-state index contributed by atoms with van der Waals surface area (Å²) < 4.78 is 1.66. The van der Waals surface area contributed by atoms with Crippen LogP contribution in [0.3, 0.4) is 0 Å². The topological polar surface area (TPSA) is 117 Å². The van der Waals surface area contributed by atoms with Gasteiger partial charge in [0.05, 0.1) is 28.2 Å². The number of aryl methyl sites for hydroxylation is 1. The maximum Gasteiger partial charge on any atom is 0.329 e. The number of fused-ring (bicyclic) bond motifs is 3. The minimum Gasteiger partial charge on any atom is -0.387 e. The molecule has 5 rings (SSSR count). The van der Waals surface area contributed by atoms with Gasteiger partial charge in [-0.1, -0.05) is 6.58 Å². The number of H-pyrrole nitrogens is 1. The van der Waals surface area contributed by atoms with Crippen molar-refractivity contribution in [3.8, 4) is 11.3 Å². The molecule has 9 heteroatoms. The van der Waals surface area contributed by atoms with Gasteiger partial charge in [-0.25, -0.2) is 9.78 Å². The second-order valence-corrected chi connectivity index (χ2v) is 8.79. The Kier molecular flexibility index (Phi) is 5.49. The fraction of sp³-hybridized carbons (Fsp3) is 0.320. The van der Waals surface area contributed by atoms with Crippen molar-refractivity contribution in [2.45, 2.75) is 38.8 Å². The van der Waals surface area contributed by atoms with Gasteiger partial charge in [-0.15, -0.1) is 0 Å². The van der Waals surface area contributed by atoms with Crippen LogP contribution < -0.4 is 11.2 Å². The molecule has 4 aromatic rings. The molecule has 2 N–H and O–H groups in total. The van der Waals surface area contributed by atoms with Crippen molar-refractivity contribution in [3.05, 3.63) is 75.5 Å². The van der Waals surface area contributed by atoms with Gasteiger partial charge in [0.15, 0.2) is 0 Å². The van der Waals surface area contributed by atoms with Crippen molar-refractivity contribution < 1.29 is 5.11 Å². The number of hydrogen-bond acceptors (Lipinski definition) is 7. The summed E-state index contributed by atoms with van der Waals surface area (Å²) in [6.45, 7) is 8.89. The molecular weight excluding hydrogens is 432 g/mol. The van der Waals surface area contributed by atoms with E-state index < -0.39 is 17.4 Å². The third-order valence-electron chi connectivity index (χ3n) is 6.54. The molecule has 0 radical (unpaired) electrons. The molecule has 1 aliphatic heterocycles. The zero-order valence-corrected chi connectivity index (χ0v) is 19.2. The van der Waals surface area contributed by atoms with Crippen molar-refractivity contribution in [1.82, 2.24) is 29.4 Å². The van der Waals surface area contributed by atoms with Gasteiger partial charge in [0.2, 0.25) is 0 Å². The van der Waals surface area contributed by atoms with Gasteiger partial charge in [0, 0.05) is 48.5 Å². The quantitative estimate of drug-likeness (QED) is 0.451. The fourth-order valence-electron chi connectivity index (χ4n) is 4.59. The van der Waals surface area contributed by atoms with E-state index in [1.165, 1.54) is 6.20 Å². The van der Waals surface area contributed by atoms with E-state index in [2.05, 4.69) is 21.5 Å². The summed E-state index contributed by atoms with van der Waals surface area (Å²) in [6.07, 6.45) is 3.97. The number of piperidine rings is 1. The van der Waals surface area contributed by atoms with Crippen LogP contribution in [-0.4, -0.2) is 53.7 Å². The number of likely N-dealkylation sites (tertiary alicyclic amines) is 1. The predicted octanol–water partition coefficient (Wildman–Crippen LogP) is 2.53. The van der Waals surface area contributed by atoms with Crippen molar-refractivity contribution >= 4 is 21.9 Å². The standard InChI is InChI=1S/C25H26N6O3/c1-14-4-5-17(12-26-14)20-6-7-21-22(28-20)23-19(13-27-21)24(33)29-25(34)31(23)18-8-10-30(11-9-18)15(2)16(3)32/h4-7,12-13,16,18,32H,2,8-11H2,1,3H3,(H,29,33,34)/t16-/m0/s1. The van der Waals surface area contributed by atoms with Gasteiger partial charge in [-0.05, 0) is 51.0 Å². The molecule has 174 valence electrons. The van der Waals surface area contributed by atoms with Crippen LogP contribution in [0.4, 0.5) is 0 Å². The third kappa shape index (κ3) is 3.77. The Morgan fingerprint density at radius 1 is 1.15 bits per heavy atom. The number of hydrogen-bond donors (Lipinski definition) is 2. The monoisotopic (exact) mass is 458 g/mol. The normalized spacial score (nSPS) is 15.7. The Bertz CT molecular complexity index is 1510. The molecule has 34 heavy (non-hydrogen) atoms. The number of aromatic nitrogens is 5. The first-order chi connectivity index (χ1) is 16.3. The van der Waals surface area contributed by atoms with Gasteiger partial charge in [-0.2, -0.15) is 0 Å². The Balaban J connectivity index is 1.66. The van der Waals surface area contributed by atoms with Crippen LogP contribution in [0.2, 0.25) is 0 Å². The number of nitrogens with zero attached hydrogens (tertiary/aromatic N) is 5. The van der Waals surface area contributed by atoms with Crippen LogP contribution in [0, 0.1) is 6.92 Å². The van der Waals surface area contributed by atoms with Gasteiger partial charge in [0.25, 0.3) is 5.56 Å². The van der Waals surface area contributed by atoms with Crippen LogP contribution in [0.15, 0.2) is 58.5 Å². The van der Waals surface area contributed by atoms with Gasteiger partial charge < -0.3 is 10.0 Å². The number of aromatic amines is 1. The summed E-state index contributed by atoms with van der Waals surface area (Å²) in [5, 5.41) is 10.2. The molecule has 9 nitrogen and oxygen atoms in total. The highest BCUT2D eigenvalue weighted by atomic mass is 16.3. The molecule has 0 bridgehead atoms. The first-order valence-electron chi connectivity index (χ1n) is 11.3. The van der Waals surface area contributed by atoms with E-state index in [1.54, 1.807) is 17.7 Å². The Labute approximate surface area is 195 Å². The summed E-state index contributed by atoms with van der Waals surface area (Å²) in [7, 11) is 0. The fourth-order valence-corrected chi connectivity index (χ4v) is 4.59. The van der Waals surface area contributed by atoms with E-state index in [1.807, 2.05) is 36.1 Å². The molecule has 1 fully saturated rings. The number of pyridine rings is 3. The SMILES string of the molecule is C=C([C@H](C)O)N1CCC(n2c(=O)[nH]c(=O)c3cnc4ccc(-c5ccc(C)nc5)nc4c32)CC1. The lowest BCUT2D eigenvalue weighted by molar-refractivity contribution is 0.151. The number of aliphatic hydroxyl groups is 1. The molecule has 0 aliphatic carbocycles. The lowest BCUT2D eigenvalue weighted by Crippen LogP contribution is -2.40. The van der Waals surface area contributed by atoms with Crippen molar-refractivity contribution in [3.63, 3.8) is 0 Å². The van der Waals surface area contributed by atoms with Crippen molar-refractivity contribution in [1.29, 1.82) is 0 Å². The van der Waals surface area contributed by atoms with Crippen LogP contribution in [-0.2, 0) is 0 Å². The van der Waals surface area contributed by atoms with Gasteiger partial charge >= 0.3 is 5.69 Å². The molecule has 1 saturated heterocycles. The molecule has 0 unspecified atom stereocenters.